The maximum Gasteiger partial charge on any atom is 0.369 e. The molecule has 2 rings (SSSR count). The molecule has 124 valence electrons. The van der Waals surface area contributed by atoms with Gasteiger partial charge < -0.3 is 9.05 Å². The minimum Gasteiger partial charge on any atom is -0.305 e. The molecule has 0 N–H and O–H groups in total. The van der Waals surface area contributed by atoms with Crippen molar-refractivity contribution in [3.8, 4) is 11.8 Å². The minimum atomic E-state index is -3.44. The van der Waals surface area contributed by atoms with E-state index in [1.165, 1.54) is 0 Å². The second-order valence-electron chi connectivity index (χ2n) is 4.89. The van der Waals surface area contributed by atoms with Gasteiger partial charge in [-0.25, -0.2) is 0 Å². The van der Waals surface area contributed by atoms with E-state index in [-0.39, 0.29) is 13.2 Å². The van der Waals surface area contributed by atoms with Crippen LogP contribution >= 0.6 is 7.60 Å². The predicted molar refractivity (Wildman–Crippen MR) is 98.6 cm³/mol. The van der Waals surface area contributed by atoms with Crippen molar-refractivity contribution in [3.63, 3.8) is 0 Å². The molecular weight excluding hydrogens is 319 g/mol. The summed E-state index contributed by atoms with van der Waals surface area (Å²) in [4.78, 5) is 0. The monoisotopic (exact) mass is 340 g/mol. The van der Waals surface area contributed by atoms with Crippen LogP contribution < -0.4 is 0 Å². The lowest BCUT2D eigenvalue weighted by Gasteiger charge is -2.16. The number of allylic oxidation sites excluding steroid dienone is 1. The summed E-state index contributed by atoms with van der Waals surface area (Å²) < 4.78 is 24.0. The van der Waals surface area contributed by atoms with Gasteiger partial charge in [0.1, 0.15) is 5.31 Å². The Kier molecular flexibility index (Phi) is 7.03. The zero-order valence-corrected chi connectivity index (χ0v) is 14.8. The molecule has 0 aliphatic heterocycles. The molecule has 0 unspecified atom stereocenters. The molecule has 0 saturated carbocycles. The maximum absolute atomic E-state index is 13.1. The second kappa shape index (κ2) is 9.25. The van der Waals surface area contributed by atoms with Gasteiger partial charge in [0.15, 0.2) is 0 Å². The molecule has 0 radical (unpaired) electrons. The molecule has 0 aliphatic rings. The highest BCUT2D eigenvalue weighted by atomic mass is 31.2. The molecule has 0 aromatic heterocycles. The molecular formula is C20H21O3P. The minimum absolute atomic E-state index is 0.288. The zero-order valence-electron chi connectivity index (χ0n) is 13.9. The molecule has 0 atom stereocenters. The van der Waals surface area contributed by atoms with E-state index in [4.69, 9.17) is 9.05 Å². The average Bonchev–Trinajstić information content (AvgIpc) is 2.61. The van der Waals surface area contributed by atoms with Crippen LogP contribution in [0.1, 0.15) is 25.0 Å². The fraction of sp³-hybridized carbons (Fsp3) is 0.200. The van der Waals surface area contributed by atoms with E-state index in [1.807, 2.05) is 60.7 Å². The Hall–Kier alpha value is -2.11. The van der Waals surface area contributed by atoms with Crippen LogP contribution in [0.15, 0.2) is 66.0 Å². The molecule has 3 nitrogen and oxygen atoms in total. The molecule has 2 aromatic rings. The Morgan fingerprint density at radius 1 is 0.958 bits per heavy atom. The number of hydrogen-bond acceptors (Lipinski definition) is 3. The average molecular weight is 340 g/mol. The standard InChI is InChI=1S/C20H21O3P/c1-3-22-24(21,23-4-2)20(17-19-13-9-6-10-14-19)16-15-18-11-7-5-8-12-18/h5-14,17H,3-4H2,1-2H3/b20-17+. The Bertz CT molecular complexity index is 761. The van der Waals surface area contributed by atoms with E-state index >= 15 is 0 Å². The largest absolute Gasteiger partial charge is 0.369 e. The van der Waals surface area contributed by atoms with E-state index in [2.05, 4.69) is 11.8 Å². The van der Waals surface area contributed by atoms with Gasteiger partial charge in [0, 0.05) is 5.56 Å². The lowest BCUT2D eigenvalue weighted by Crippen LogP contribution is -1.98. The Labute approximate surface area is 143 Å². The van der Waals surface area contributed by atoms with Gasteiger partial charge in [-0.3, -0.25) is 4.57 Å². The highest BCUT2D eigenvalue weighted by Crippen LogP contribution is 2.56. The highest BCUT2D eigenvalue weighted by molar-refractivity contribution is 7.59. The molecule has 0 heterocycles. The summed E-state index contributed by atoms with van der Waals surface area (Å²) in [6.45, 7) is 4.15. The summed E-state index contributed by atoms with van der Waals surface area (Å²) in [7, 11) is -3.44. The normalized spacial score (nSPS) is 11.7. The van der Waals surface area contributed by atoms with Crippen LogP contribution in [0.3, 0.4) is 0 Å². The molecule has 0 saturated heterocycles. The summed E-state index contributed by atoms with van der Waals surface area (Å²) in [6.07, 6.45) is 1.77. The molecule has 0 fully saturated rings. The van der Waals surface area contributed by atoms with Gasteiger partial charge >= 0.3 is 7.60 Å². The van der Waals surface area contributed by atoms with Crippen LogP contribution in [0.5, 0.6) is 0 Å². The summed E-state index contributed by atoms with van der Waals surface area (Å²) in [5.74, 6) is 6.03. The summed E-state index contributed by atoms with van der Waals surface area (Å²) in [5, 5.41) is 0.362. The van der Waals surface area contributed by atoms with Crippen LogP contribution in [-0.4, -0.2) is 13.2 Å². The first-order valence-corrected chi connectivity index (χ1v) is 9.45. The van der Waals surface area contributed by atoms with Gasteiger partial charge in [-0.1, -0.05) is 60.4 Å². The number of rotatable bonds is 6. The van der Waals surface area contributed by atoms with Crippen LogP contribution in [0.25, 0.3) is 6.08 Å². The lowest BCUT2D eigenvalue weighted by molar-refractivity contribution is 0.227. The first-order chi connectivity index (χ1) is 11.7. The topological polar surface area (TPSA) is 35.5 Å². The van der Waals surface area contributed by atoms with E-state index < -0.39 is 7.60 Å². The fourth-order valence-corrected chi connectivity index (χ4v) is 3.60. The third-order valence-corrected chi connectivity index (χ3v) is 5.13. The smallest absolute Gasteiger partial charge is 0.305 e. The van der Waals surface area contributed by atoms with Crippen molar-refractivity contribution >= 4 is 13.7 Å². The Balaban J connectivity index is 2.47. The molecule has 0 amide bonds. The van der Waals surface area contributed by atoms with Crippen LogP contribution in [0.4, 0.5) is 0 Å². The molecule has 24 heavy (non-hydrogen) atoms. The van der Waals surface area contributed by atoms with Crippen molar-refractivity contribution in [2.45, 2.75) is 13.8 Å². The Morgan fingerprint density at radius 2 is 1.50 bits per heavy atom. The Morgan fingerprint density at radius 3 is 2.04 bits per heavy atom. The fourth-order valence-electron chi connectivity index (χ4n) is 2.06. The van der Waals surface area contributed by atoms with Crippen molar-refractivity contribution < 1.29 is 13.6 Å². The second-order valence-corrected chi connectivity index (χ2v) is 6.88. The van der Waals surface area contributed by atoms with Gasteiger partial charge in [0.2, 0.25) is 0 Å². The van der Waals surface area contributed by atoms with Crippen molar-refractivity contribution in [1.29, 1.82) is 0 Å². The number of hydrogen-bond donors (Lipinski definition) is 0. The van der Waals surface area contributed by atoms with Crippen LogP contribution in [-0.2, 0) is 13.6 Å². The maximum atomic E-state index is 13.1. The molecule has 4 heteroatoms. The number of benzene rings is 2. The van der Waals surface area contributed by atoms with Crippen molar-refractivity contribution in [2.24, 2.45) is 0 Å². The van der Waals surface area contributed by atoms with Crippen LogP contribution in [0.2, 0.25) is 0 Å². The van der Waals surface area contributed by atoms with Gasteiger partial charge in [-0.05, 0) is 37.6 Å². The van der Waals surface area contributed by atoms with Gasteiger partial charge in [-0.2, -0.15) is 0 Å². The molecule has 2 aromatic carbocycles. The van der Waals surface area contributed by atoms with E-state index in [1.54, 1.807) is 19.9 Å². The lowest BCUT2D eigenvalue weighted by atomic mass is 10.2. The third-order valence-electron chi connectivity index (χ3n) is 3.10. The molecule has 0 spiro atoms. The van der Waals surface area contributed by atoms with Gasteiger partial charge in [-0.15, -0.1) is 0 Å². The van der Waals surface area contributed by atoms with Crippen molar-refractivity contribution in [2.75, 3.05) is 13.2 Å². The summed E-state index contributed by atoms with van der Waals surface area (Å²) in [6, 6.07) is 19.2. The quantitative estimate of drug-likeness (QED) is 0.525. The predicted octanol–water partition coefficient (Wildman–Crippen LogP) is 5.35. The molecule has 0 aliphatic carbocycles. The zero-order chi connectivity index (χ0) is 17.3. The first kappa shape index (κ1) is 18.2. The van der Waals surface area contributed by atoms with Crippen molar-refractivity contribution in [3.05, 3.63) is 77.1 Å². The first-order valence-electron chi connectivity index (χ1n) is 7.91. The van der Waals surface area contributed by atoms with Crippen LogP contribution in [0, 0.1) is 11.8 Å². The highest BCUT2D eigenvalue weighted by Gasteiger charge is 2.28. The van der Waals surface area contributed by atoms with E-state index in [0.717, 1.165) is 11.1 Å². The third kappa shape index (κ3) is 5.22. The SMILES string of the molecule is CCOP(=O)(OCC)/C(C#Cc1ccccc1)=C/c1ccccc1. The summed E-state index contributed by atoms with van der Waals surface area (Å²) >= 11 is 0. The van der Waals surface area contributed by atoms with Gasteiger partial charge in [0.05, 0.1) is 13.2 Å². The summed E-state index contributed by atoms with van der Waals surface area (Å²) in [5.41, 5.74) is 1.74. The molecule has 0 bridgehead atoms. The van der Waals surface area contributed by atoms with Crippen molar-refractivity contribution in [1.82, 2.24) is 0 Å². The van der Waals surface area contributed by atoms with Gasteiger partial charge in [0.25, 0.3) is 0 Å². The van der Waals surface area contributed by atoms with E-state index in [0.29, 0.717) is 5.31 Å². The van der Waals surface area contributed by atoms with E-state index in [9.17, 15) is 4.57 Å².